The molecule has 3 aromatic rings. The Kier molecular flexibility index (Phi) is 7.82. The smallest absolute Gasteiger partial charge is 0.276 e. The van der Waals surface area contributed by atoms with Gasteiger partial charge in [0, 0.05) is 53.1 Å². The number of nitrogen functional groups attached to an aromatic ring is 1. The Labute approximate surface area is 223 Å². The topological polar surface area (TPSA) is 122 Å². The van der Waals surface area contributed by atoms with Gasteiger partial charge in [-0.2, -0.15) is 0 Å². The molecule has 0 aliphatic carbocycles. The Morgan fingerprint density at radius 1 is 1.19 bits per heavy atom. The van der Waals surface area contributed by atoms with E-state index in [1.165, 1.54) is 12.1 Å². The zero-order chi connectivity index (χ0) is 26.7. The third-order valence-corrected chi connectivity index (χ3v) is 6.54. The average molecular weight is 547 g/mol. The highest BCUT2D eigenvalue weighted by atomic mass is 35.5. The van der Waals surface area contributed by atoms with E-state index in [2.05, 4.69) is 20.8 Å². The normalized spacial score (nSPS) is 14.8. The monoisotopic (exact) mass is 546 g/mol. The minimum Gasteiger partial charge on any atom is -0.485 e. The summed E-state index contributed by atoms with van der Waals surface area (Å²) >= 11 is 12.1. The van der Waals surface area contributed by atoms with Gasteiger partial charge in [0.1, 0.15) is 12.4 Å². The lowest BCUT2D eigenvalue weighted by atomic mass is 10.0. The second-order valence-electron chi connectivity index (χ2n) is 9.16. The van der Waals surface area contributed by atoms with Gasteiger partial charge in [-0.15, -0.1) is 10.2 Å². The number of benzene rings is 2. The van der Waals surface area contributed by atoms with E-state index in [4.69, 9.17) is 33.7 Å². The van der Waals surface area contributed by atoms with E-state index in [0.717, 1.165) is 12.6 Å². The fraction of sp³-hybridized carbons (Fsp3) is 0.280. The van der Waals surface area contributed by atoms with Gasteiger partial charge in [-0.25, -0.2) is 4.39 Å². The number of hydrogen-bond donors (Lipinski definition) is 3. The first-order valence-corrected chi connectivity index (χ1v) is 12.1. The summed E-state index contributed by atoms with van der Waals surface area (Å²) in [6.07, 6.45) is 0. The fourth-order valence-electron chi connectivity index (χ4n) is 3.85. The van der Waals surface area contributed by atoms with Gasteiger partial charge in [-0.05, 0) is 50.2 Å². The van der Waals surface area contributed by atoms with Crippen molar-refractivity contribution in [3.8, 4) is 5.75 Å². The predicted octanol–water partition coefficient (Wildman–Crippen LogP) is 4.16. The first-order chi connectivity index (χ1) is 17.5. The molecule has 4 rings (SSSR count). The second-order valence-corrected chi connectivity index (χ2v) is 9.94. The van der Waals surface area contributed by atoms with Crippen LogP contribution in [-0.4, -0.2) is 52.1 Å². The van der Waals surface area contributed by atoms with Crippen molar-refractivity contribution in [2.45, 2.75) is 26.0 Å². The van der Waals surface area contributed by atoms with Crippen LogP contribution in [0.3, 0.4) is 0 Å². The molecule has 0 atom stereocenters. The lowest BCUT2D eigenvalue weighted by Crippen LogP contribution is -2.58. The molecule has 1 saturated heterocycles. The highest BCUT2D eigenvalue weighted by Crippen LogP contribution is 2.29. The Morgan fingerprint density at radius 2 is 1.92 bits per heavy atom. The quantitative estimate of drug-likeness (QED) is 0.396. The average Bonchev–Trinajstić information content (AvgIpc) is 2.86. The van der Waals surface area contributed by atoms with E-state index >= 15 is 0 Å². The Hall–Kier alpha value is -3.47. The lowest BCUT2D eigenvalue weighted by molar-refractivity contribution is 0.0652. The molecule has 1 aromatic heterocycles. The molecule has 9 nitrogen and oxygen atoms in total. The maximum atomic E-state index is 13.8. The molecule has 0 spiro atoms. The molecule has 2 heterocycles. The summed E-state index contributed by atoms with van der Waals surface area (Å²) in [5.41, 5.74) is 6.81. The van der Waals surface area contributed by atoms with Gasteiger partial charge < -0.3 is 26.0 Å². The van der Waals surface area contributed by atoms with Gasteiger partial charge in [0.15, 0.2) is 17.3 Å². The van der Waals surface area contributed by atoms with Crippen molar-refractivity contribution in [1.82, 2.24) is 20.4 Å². The van der Waals surface area contributed by atoms with E-state index in [0.29, 0.717) is 24.3 Å². The molecule has 194 valence electrons. The SMILES string of the molecule is CC1(C)CN(C(=O)c2ccc(NC(=O)c3cc(OCc4c(Cl)ccc(F)c4Cl)c(N)nn3)cc2)CCN1. The number of ether oxygens (including phenoxy) is 1. The van der Waals surface area contributed by atoms with Crippen LogP contribution in [0.4, 0.5) is 15.9 Å². The van der Waals surface area contributed by atoms with Gasteiger partial charge in [0.05, 0.1) is 5.02 Å². The van der Waals surface area contributed by atoms with E-state index in [-0.39, 0.29) is 50.9 Å². The summed E-state index contributed by atoms with van der Waals surface area (Å²) in [7, 11) is 0. The number of hydrogen-bond acceptors (Lipinski definition) is 7. The van der Waals surface area contributed by atoms with Crippen molar-refractivity contribution in [3.05, 3.63) is 75.1 Å². The van der Waals surface area contributed by atoms with Crippen LogP contribution in [0.5, 0.6) is 5.75 Å². The van der Waals surface area contributed by atoms with Crippen LogP contribution in [0.15, 0.2) is 42.5 Å². The fourth-order valence-corrected chi connectivity index (χ4v) is 4.33. The van der Waals surface area contributed by atoms with Crippen LogP contribution in [-0.2, 0) is 6.61 Å². The molecule has 1 aliphatic rings. The largest absolute Gasteiger partial charge is 0.485 e. The first kappa shape index (κ1) is 26.6. The molecule has 2 amide bonds. The van der Waals surface area contributed by atoms with Gasteiger partial charge in [0.2, 0.25) is 0 Å². The van der Waals surface area contributed by atoms with E-state index in [1.54, 1.807) is 29.2 Å². The van der Waals surface area contributed by atoms with Crippen LogP contribution in [0.2, 0.25) is 10.0 Å². The van der Waals surface area contributed by atoms with Crippen LogP contribution in [0, 0.1) is 5.82 Å². The van der Waals surface area contributed by atoms with Crippen molar-refractivity contribution in [2.75, 3.05) is 30.7 Å². The molecule has 0 unspecified atom stereocenters. The molecule has 0 radical (unpaired) electrons. The summed E-state index contributed by atoms with van der Waals surface area (Å²) in [5.74, 6) is -1.30. The molecule has 0 saturated carbocycles. The number of carbonyl (C=O) groups excluding carboxylic acids is 2. The van der Waals surface area contributed by atoms with Crippen molar-refractivity contribution < 1.29 is 18.7 Å². The van der Waals surface area contributed by atoms with Gasteiger partial charge >= 0.3 is 0 Å². The molecular weight excluding hydrogens is 522 g/mol. The van der Waals surface area contributed by atoms with Crippen LogP contribution in [0.25, 0.3) is 0 Å². The van der Waals surface area contributed by atoms with E-state index in [1.807, 2.05) is 13.8 Å². The summed E-state index contributed by atoms with van der Waals surface area (Å²) in [4.78, 5) is 27.4. The summed E-state index contributed by atoms with van der Waals surface area (Å²) < 4.78 is 19.4. The summed E-state index contributed by atoms with van der Waals surface area (Å²) in [6.45, 7) is 5.84. The third kappa shape index (κ3) is 6.27. The lowest BCUT2D eigenvalue weighted by Gasteiger charge is -2.39. The number of piperazine rings is 1. The van der Waals surface area contributed by atoms with Crippen molar-refractivity contribution >= 4 is 46.5 Å². The summed E-state index contributed by atoms with van der Waals surface area (Å²) in [5, 5.41) is 13.7. The minimum atomic E-state index is -0.643. The zero-order valence-corrected chi connectivity index (χ0v) is 21.7. The van der Waals surface area contributed by atoms with Gasteiger partial charge in [-0.1, -0.05) is 23.2 Å². The molecule has 1 aliphatic heterocycles. The highest BCUT2D eigenvalue weighted by molar-refractivity contribution is 6.36. The molecule has 12 heteroatoms. The number of aromatic nitrogens is 2. The number of anilines is 2. The molecule has 1 fully saturated rings. The Balaban J connectivity index is 1.42. The zero-order valence-electron chi connectivity index (χ0n) is 20.1. The number of halogens is 3. The third-order valence-electron chi connectivity index (χ3n) is 5.78. The maximum Gasteiger partial charge on any atom is 0.276 e. The first-order valence-electron chi connectivity index (χ1n) is 11.4. The van der Waals surface area contributed by atoms with E-state index in [9.17, 15) is 14.0 Å². The van der Waals surface area contributed by atoms with E-state index < -0.39 is 11.7 Å². The van der Waals surface area contributed by atoms with Crippen molar-refractivity contribution in [3.63, 3.8) is 0 Å². The number of rotatable bonds is 6. The second kappa shape index (κ2) is 10.9. The maximum absolute atomic E-state index is 13.8. The Morgan fingerprint density at radius 3 is 2.62 bits per heavy atom. The molecule has 37 heavy (non-hydrogen) atoms. The molecule has 0 bridgehead atoms. The van der Waals surface area contributed by atoms with Crippen LogP contribution in [0.1, 0.15) is 40.3 Å². The van der Waals surface area contributed by atoms with Crippen LogP contribution < -0.4 is 21.1 Å². The molecular formula is C25H25Cl2FN6O3. The number of nitrogens with zero attached hydrogens (tertiary/aromatic N) is 3. The number of nitrogens with two attached hydrogens (primary N) is 1. The Bertz CT molecular complexity index is 1340. The van der Waals surface area contributed by atoms with Crippen molar-refractivity contribution in [1.29, 1.82) is 0 Å². The molecule has 2 aromatic carbocycles. The highest BCUT2D eigenvalue weighted by Gasteiger charge is 2.29. The summed E-state index contributed by atoms with van der Waals surface area (Å²) in [6, 6.07) is 10.4. The minimum absolute atomic E-state index is 0.0523. The van der Waals surface area contributed by atoms with Crippen molar-refractivity contribution in [2.24, 2.45) is 0 Å². The predicted molar refractivity (Wildman–Crippen MR) is 140 cm³/mol. The number of carbonyl (C=O) groups is 2. The van der Waals surface area contributed by atoms with Gasteiger partial charge in [-0.3, -0.25) is 9.59 Å². The molecule has 4 N–H and O–H groups in total. The van der Waals surface area contributed by atoms with Gasteiger partial charge in [0.25, 0.3) is 11.8 Å². The number of nitrogens with one attached hydrogen (secondary N) is 2. The standard InChI is InChI=1S/C25H25Cl2FN6O3/c1-25(2)13-34(10-9-30-25)24(36)14-3-5-15(6-4-14)31-23(35)19-11-20(22(29)33-32-19)37-12-16-17(26)7-8-18(28)21(16)27/h3-8,11,30H,9-10,12-13H2,1-2H3,(H2,29,33)(H,31,35). The van der Waals surface area contributed by atoms with Crippen LogP contribution >= 0.6 is 23.2 Å². The number of amides is 2.